The molecule has 1 aliphatic heterocycles. The highest BCUT2D eigenvalue weighted by Crippen LogP contribution is 2.14. The quantitative estimate of drug-likeness (QED) is 0.653. The van der Waals surface area contributed by atoms with Crippen molar-refractivity contribution in [2.75, 3.05) is 11.5 Å². The number of aryl methyl sites for hydroxylation is 3. The highest BCUT2D eigenvalue weighted by molar-refractivity contribution is 7.91. The van der Waals surface area contributed by atoms with Gasteiger partial charge in [-0.25, -0.2) is 13.4 Å². The second-order valence-electron chi connectivity index (χ2n) is 6.82. The molecule has 28 heavy (non-hydrogen) atoms. The molecule has 1 aliphatic rings. The third-order valence-electron chi connectivity index (χ3n) is 4.47. The van der Waals surface area contributed by atoms with Gasteiger partial charge in [0, 0.05) is 31.1 Å². The molecule has 0 radical (unpaired) electrons. The minimum Gasteiger partial charge on any atom is -0.350 e. The number of hydrogen-bond acceptors (Lipinski definition) is 7. The van der Waals surface area contributed by atoms with Crippen LogP contribution in [-0.4, -0.2) is 63.6 Å². The summed E-state index contributed by atoms with van der Waals surface area (Å²) in [4.78, 5) is 32.3. The first-order valence-corrected chi connectivity index (χ1v) is 10.6. The van der Waals surface area contributed by atoms with Crippen LogP contribution in [-0.2, 0) is 21.2 Å². The number of sulfone groups is 1. The van der Waals surface area contributed by atoms with Gasteiger partial charge in [-0.05, 0) is 19.9 Å². The van der Waals surface area contributed by atoms with Crippen LogP contribution in [0.2, 0.25) is 0 Å². The lowest BCUT2D eigenvalue weighted by Crippen LogP contribution is -2.51. The molecule has 1 saturated heterocycles. The first kappa shape index (κ1) is 19.9. The molecule has 0 bridgehead atoms. The molecule has 10 nitrogen and oxygen atoms in total. The van der Waals surface area contributed by atoms with Crippen molar-refractivity contribution < 1.29 is 18.0 Å². The maximum absolute atomic E-state index is 12.3. The molecule has 2 N–H and O–H groups in total. The summed E-state index contributed by atoms with van der Waals surface area (Å²) in [7, 11) is -3.37. The molecule has 11 heteroatoms. The summed E-state index contributed by atoms with van der Waals surface area (Å²) in [5, 5.41) is 9.66. The summed E-state index contributed by atoms with van der Waals surface area (Å²) in [5.74, 6) is -1.28. The Hall–Kier alpha value is -2.82. The van der Waals surface area contributed by atoms with Crippen molar-refractivity contribution in [3.8, 4) is 0 Å². The monoisotopic (exact) mass is 406 g/mol. The van der Waals surface area contributed by atoms with Crippen LogP contribution in [0.1, 0.15) is 28.3 Å². The Balaban J connectivity index is 1.61. The molecule has 2 atom stereocenters. The number of aromatic nitrogens is 4. The Bertz CT molecular complexity index is 973. The number of amides is 2. The van der Waals surface area contributed by atoms with Gasteiger partial charge in [-0.1, -0.05) is 0 Å². The lowest BCUT2D eigenvalue weighted by molar-refractivity contribution is -0.122. The van der Waals surface area contributed by atoms with Crippen molar-refractivity contribution in [2.24, 2.45) is 0 Å². The highest BCUT2D eigenvalue weighted by atomic mass is 32.2. The maximum Gasteiger partial charge on any atom is 0.271 e. The fourth-order valence-corrected chi connectivity index (χ4v) is 5.04. The van der Waals surface area contributed by atoms with E-state index in [0.717, 1.165) is 11.4 Å². The third-order valence-corrected chi connectivity index (χ3v) is 6.20. The van der Waals surface area contributed by atoms with E-state index >= 15 is 0 Å². The molecule has 0 aliphatic carbocycles. The van der Waals surface area contributed by atoms with Crippen molar-refractivity contribution in [1.29, 1.82) is 0 Å². The Labute approximate surface area is 162 Å². The predicted molar refractivity (Wildman–Crippen MR) is 100 cm³/mol. The molecule has 2 aromatic heterocycles. The Morgan fingerprint density at radius 1 is 1.18 bits per heavy atom. The molecule has 3 rings (SSSR count). The molecule has 0 spiro atoms. The van der Waals surface area contributed by atoms with Gasteiger partial charge < -0.3 is 10.6 Å². The van der Waals surface area contributed by atoms with Crippen molar-refractivity contribution in [1.82, 2.24) is 30.4 Å². The van der Waals surface area contributed by atoms with Crippen molar-refractivity contribution in [3.63, 3.8) is 0 Å². The molecule has 2 amide bonds. The first-order valence-electron chi connectivity index (χ1n) is 8.81. The molecule has 150 valence electrons. The number of carbonyl (C=O) groups excluding carboxylic acids is 2. The molecule has 3 heterocycles. The van der Waals surface area contributed by atoms with Gasteiger partial charge in [-0.15, -0.1) is 0 Å². The summed E-state index contributed by atoms with van der Waals surface area (Å²) in [6.45, 7) is 4.17. The summed E-state index contributed by atoms with van der Waals surface area (Å²) in [5.41, 5.74) is 1.90. The minimum absolute atomic E-state index is 0.0846. The summed E-state index contributed by atoms with van der Waals surface area (Å²) < 4.78 is 25.8. The van der Waals surface area contributed by atoms with Crippen LogP contribution in [0.15, 0.2) is 24.7 Å². The second kappa shape index (κ2) is 8.05. The van der Waals surface area contributed by atoms with Crippen LogP contribution in [0.25, 0.3) is 0 Å². The highest BCUT2D eigenvalue weighted by Gasteiger charge is 2.39. The molecular formula is C17H22N6O4S. The zero-order valence-electron chi connectivity index (χ0n) is 15.6. The van der Waals surface area contributed by atoms with Gasteiger partial charge in [0.1, 0.15) is 5.69 Å². The average molecular weight is 406 g/mol. The van der Waals surface area contributed by atoms with E-state index in [2.05, 4.69) is 25.7 Å². The van der Waals surface area contributed by atoms with Gasteiger partial charge in [0.05, 0.1) is 35.5 Å². The van der Waals surface area contributed by atoms with Crippen LogP contribution in [0, 0.1) is 13.8 Å². The standard InChI is InChI=1S/C17H22N6O4S/c1-11-7-12(2)23(22-11)6-3-16(24)20-14-9-28(26,27)10-15(14)21-17(25)13-8-18-4-5-19-13/h4-5,7-8,14-15H,3,6,9-10H2,1-2H3,(H,20,24)(H,21,25)/t14-,15+/m0/s1. The minimum atomic E-state index is -3.37. The molecule has 0 saturated carbocycles. The van der Waals surface area contributed by atoms with Gasteiger partial charge in [0.25, 0.3) is 5.91 Å². The van der Waals surface area contributed by atoms with Crippen molar-refractivity contribution in [3.05, 3.63) is 41.7 Å². The molecule has 0 aromatic carbocycles. The summed E-state index contributed by atoms with van der Waals surface area (Å²) >= 11 is 0. The van der Waals surface area contributed by atoms with Gasteiger partial charge in [-0.2, -0.15) is 5.10 Å². The van der Waals surface area contributed by atoms with Crippen LogP contribution >= 0.6 is 0 Å². The Morgan fingerprint density at radius 3 is 2.50 bits per heavy atom. The van der Waals surface area contributed by atoms with E-state index < -0.39 is 27.8 Å². The Kier molecular flexibility index (Phi) is 5.73. The number of carbonyl (C=O) groups is 2. The third kappa shape index (κ3) is 4.91. The summed E-state index contributed by atoms with van der Waals surface area (Å²) in [6, 6.07) is 0.496. The van der Waals surface area contributed by atoms with E-state index in [1.807, 2.05) is 19.9 Å². The van der Waals surface area contributed by atoms with Gasteiger partial charge in [0.2, 0.25) is 5.91 Å². The number of rotatable bonds is 6. The zero-order chi connectivity index (χ0) is 20.3. The van der Waals surface area contributed by atoms with Crippen LogP contribution in [0.5, 0.6) is 0 Å². The van der Waals surface area contributed by atoms with Crippen LogP contribution < -0.4 is 10.6 Å². The predicted octanol–water partition coefficient (Wildman–Crippen LogP) is -0.608. The van der Waals surface area contributed by atoms with Gasteiger partial charge in [0.15, 0.2) is 9.84 Å². The fraction of sp³-hybridized carbons (Fsp3) is 0.471. The first-order chi connectivity index (χ1) is 13.2. The fourth-order valence-electron chi connectivity index (χ4n) is 3.18. The van der Waals surface area contributed by atoms with Crippen molar-refractivity contribution >= 4 is 21.7 Å². The van der Waals surface area contributed by atoms with E-state index in [1.54, 1.807) is 4.68 Å². The molecule has 1 fully saturated rings. The zero-order valence-corrected chi connectivity index (χ0v) is 16.4. The van der Waals surface area contributed by atoms with Gasteiger partial charge >= 0.3 is 0 Å². The number of nitrogens with one attached hydrogen (secondary N) is 2. The lowest BCUT2D eigenvalue weighted by Gasteiger charge is -2.20. The van der Waals surface area contributed by atoms with E-state index in [9.17, 15) is 18.0 Å². The van der Waals surface area contributed by atoms with Crippen molar-refractivity contribution in [2.45, 2.75) is 38.9 Å². The average Bonchev–Trinajstić information content (AvgIpc) is 3.10. The normalized spacial score (nSPS) is 20.6. The Morgan fingerprint density at radius 2 is 1.89 bits per heavy atom. The second-order valence-corrected chi connectivity index (χ2v) is 8.98. The molecular weight excluding hydrogens is 384 g/mol. The summed E-state index contributed by atoms with van der Waals surface area (Å²) in [6.07, 6.45) is 4.26. The topological polar surface area (TPSA) is 136 Å². The lowest BCUT2D eigenvalue weighted by atomic mass is 10.1. The van der Waals surface area contributed by atoms with Crippen LogP contribution in [0.4, 0.5) is 0 Å². The van der Waals surface area contributed by atoms with E-state index in [4.69, 9.17) is 0 Å². The van der Waals surface area contributed by atoms with E-state index in [0.29, 0.717) is 6.54 Å². The maximum atomic E-state index is 12.3. The molecule has 2 aromatic rings. The largest absolute Gasteiger partial charge is 0.350 e. The smallest absolute Gasteiger partial charge is 0.271 e. The van der Waals surface area contributed by atoms with Gasteiger partial charge in [-0.3, -0.25) is 19.3 Å². The van der Waals surface area contributed by atoms with Crippen LogP contribution in [0.3, 0.4) is 0 Å². The van der Waals surface area contributed by atoms with E-state index in [-0.39, 0.29) is 29.5 Å². The SMILES string of the molecule is Cc1cc(C)n(CCC(=O)N[C@H]2CS(=O)(=O)C[C@H]2NC(=O)c2cnccn2)n1. The molecule has 0 unspecified atom stereocenters. The van der Waals surface area contributed by atoms with E-state index in [1.165, 1.54) is 18.6 Å². The number of nitrogens with zero attached hydrogens (tertiary/aromatic N) is 4. The number of hydrogen-bond donors (Lipinski definition) is 2.